The number of anilines is 1. The summed E-state index contributed by atoms with van der Waals surface area (Å²) >= 11 is 1.24. The van der Waals surface area contributed by atoms with Crippen LogP contribution in [0.15, 0.2) is 23.0 Å². The fourth-order valence-electron chi connectivity index (χ4n) is 3.55. The van der Waals surface area contributed by atoms with Crippen molar-refractivity contribution in [3.8, 4) is 5.75 Å². The van der Waals surface area contributed by atoms with Crippen molar-refractivity contribution in [2.45, 2.75) is 46.1 Å². The number of phenolic OH excluding ortho intramolecular Hbond substituents is 1. The smallest absolute Gasteiger partial charge is 0.266 e. The Labute approximate surface area is 160 Å². The Kier molecular flexibility index (Phi) is 4.47. The highest BCUT2D eigenvalue weighted by Gasteiger charge is 2.22. The average Bonchev–Trinajstić information content (AvgIpc) is 2.79. The van der Waals surface area contributed by atoms with E-state index >= 15 is 0 Å². The number of hydrogen-bond donors (Lipinski definition) is 2. The molecule has 0 spiro atoms. The number of carbonyl (C=O) groups excluding carboxylic acids is 1. The standard InChI is InChI=1S/C20H21N3O3S/c1-11-7-8-13(14(24)10-11)21-18(25)17-12(2)16-19(27-17)22-15-6-4-3-5-9-23(15)20(16)26/h7-8,10,24H,3-6,9H2,1-2H3,(H,21,25). The summed E-state index contributed by atoms with van der Waals surface area (Å²) in [6.07, 6.45) is 3.90. The largest absolute Gasteiger partial charge is 0.506 e. The number of fused-ring (bicyclic) bond motifs is 2. The number of hydrogen-bond acceptors (Lipinski definition) is 5. The SMILES string of the molecule is Cc1ccc(NC(=O)c2sc3nc4n(c(=O)c3c2C)CCCCC4)c(O)c1. The predicted octanol–water partition coefficient (Wildman–Crippen LogP) is 3.76. The first-order valence-corrected chi connectivity index (χ1v) is 9.91. The fraction of sp³-hybridized carbons (Fsp3) is 0.350. The van der Waals surface area contributed by atoms with Crippen LogP contribution < -0.4 is 10.9 Å². The summed E-state index contributed by atoms with van der Waals surface area (Å²) in [6, 6.07) is 5.08. The maximum Gasteiger partial charge on any atom is 0.266 e. The summed E-state index contributed by atoms with van der Waals surface area (Å²) < 4.78 is 1.77. The molecule has 0 saturated carbocycles. The van der Waals surface area contributed by atoms with Gasteiger partial charge in [-0.3, -0.25) is 14.2 Å². The monoisotopic (exact) mass is 383 g/mol. The van der Waals surface area contributed by atoms with E-state index in [2.05, 4.69) is 10.3 Å². The number of thiophene rings is 1. The van der Waals surface area contributed by atoms with Gasteiger partial charge < -0.3 is 10.4 Å². The van der Waals surface area contributed by atoms with Crippen molar-refractivity contribution < 1.29 is 9.90 Å². The van der Waals surface area contributed by atoms with Crippen molar-refractivity contribution in [1.82, 2.24) is 9.55 Å². The first-order chi connectivity index (χ1) is 13.0. The molecule has 2 aromatic heterocycles. The summed E-state index contributed by atoms with van der Waals surface area (Å²) in [5.41, 5.74) is 1.85. The molecule has 6 nitrogen and oxygen atoms in total. The molecule has 0 radical (unpaired) electrons. The van der Waals surface area contributed by atoms with Gasteiger partial charge in [-0.1, -0.05) is 12.5 Å². The van der Waals surface area contributed by atoms with Gasteiger partial charge in [-0.15, -0.1) is 11.3 Å². The molecule has 140 valence electrons. The molecule has 4 rings (SSSR count). The number of nitrogens with zero attached hydrogens (tertiary/aromatic N) is 2. The van der Waals surface area contributed by atoms with Crippen molar-refractivity contribution in [3.63, 3.8) is 0 Å². The van der Waals surface area contributed by atoms with E-state index in [1.807, 2.05) is 13.0 Å². The highest BCUT2D eigenvalue weighted by atomic mass is 32.1. The minimum atomic E-state index is -0.339. The second-order valence-electron chi connectivity index (χ2n) is 7.01. The van der Waals surface area contributed by atoms with E-state index in [1.54, 1.807) is 23.6 Å². The third-order valence-corrected chi connectivity index (χ3v) is 6.20. The van der Waals surface area contributed by atoms with Gasteiger partial charge in [0, 0.05) is 13.0 Å². The number of carbonyl (C=O) groups is 1. The first-order valence-electron chi connectivity index (χ1n) is 9.09. The van der Waals surface area contributed by atoms with Crippen LogP contribution in [0.3, 0.4) is 0 Å². The molecule has 1 aromatic carbocycles. The van der Waals surface area contributed by atoms with Gasteiger partial charge in [-0.2, -0.15) is 0 Å². The zero-order chi connectivity index (χ0) is 19.1. The molecule has 27 heavy (non-hydrogen) atoms. The number of aryl methyl sites for hydroxylation is 3. The maximum absolute atomic E-state index is 13.0. The number of benzene rings is 1. The predicted molar refractivity (Wildman–Crippen MR) is 107 cm³/mol. The Hall–Kier alpha value is -2.67. The van der Waals surface area contributed by atoms with E-state index < -0.39 is 0 Å². The van der Waals surface area contributed by atoms with Gasteiger partial charge in [0.05, 0.1) is 16.0 Å². The molecule has 0 saturated heterocycles. The molecule has 1 aliphatic rings. The molecule has 0 fully saturated rings. The van der Waals surface area contributed by atoms with Gasteiger partial charge in [-0.05, 0) is 49.9 Å². The van der Waals surface area contributed by atoms with Gasteiger partial charge in [0.15, 0.2) is 0 Å². The van der Waals surface area contributed by atoms with Crippen LogP contribution in [0.5, 0.6) is 5.75 Å². The average molecular weight is 383 g/mol. The molecular weight excluding hydrogens is 362 g/mol. The molecule has 3 heterocycles. The van der Waals surface area contributed by atoms with E-state index in [1.165, 1.54) is 11.3 Å². The van der Waals surface area contributed by atoms with E-state index in [4.69, 9.17) is 0 Å². The van der Waals surface area contributed by atoms with Crippen molar-refractivity contribution in [1.29, 1.82) is 0 Å². The Morgan fingerprint density at radius 1 is 1.26 bits per heavy atom. The van der Waals surface area contributed by atoms with Crippen LogP contribution in [0.25, 0.3) is 10.2 Å². The lowest BCUT2D eigenvalue weighted by molar-refractivity contribution is 0.102. The number of phenols is 1. The highest BCUT2D eigenvalue weighted by Crippen LogP contribution is 2.30. The number of aromatic hydroxyl groups is 1. The lowest BCUT2D eigenvalue weighted by Gasteiger charge is -2.08. The fourth-order valence-corrected chi connectivity index (χ4v) is 4.64. The van der Waals surface area contributed by atoms with Gasteiger partial charge in [0.25, 0.3) is 11.5 Å². The van der Waals surface area contributed by atoms with Crippen molar-refractivity contribution in [2.24, 2.45) is 0 Å². The zero-order valence-electron chi connectivity index (χ0n) is 15.3. The number of amides is 1. The van der Waals surface area contributed by atoms with Crippen LogP contribution in [-0.4, -0.2) is 20.6 Å². The Balaban J connectivity index is 1.76. The maximum atomic E-state index is 13.0. The lowest BCUT2D eigenvalue weighted by atomic mass is 10.2. The second kappa shape index (κ2) is 6.81. The van der Waals surface area contributed by atoms with Crippen molar-refractivity contribution >= 4 is 33.1 Å². The van der Waals surface area contributed by atoms with Crippen LogP contribution in [0.1, 0.15) is 45.9 Å². The third kappa shape index (κ3) is 3.12. The highest BCUT2D eigenvalue weighted by molar-refractivity contribution is 7.20. The molecule has 7 heteroatoms. The Morgan fingerprint density at radius 3 is 2.85 bits per heavy atom. The van der Waals surface area contributed by atoms with Crippen molar-refractivity contribution in [3.05, 3.63) is 50.4 Å². The third-order valence-electron chi connectivity index (χ3n) is 5.02. The lowest BCUT2D eigenvalue weighted by Crippen LogP contribution is -2.24. The molecule has 2 N–H and O–H groups in total. The summed E-state index contributed by atoms with van der Waals surface area (Å²) in [5, 5.41) is 13.3. The Morgan fingerprint density at radius 2 is 2.07 bits per heavy atom. The van der Waals surface area contributed by atoms with Crippen LogP contribution >= 0.6 is 11.3 Å². The summed E-state index contributed by atoms with van der Waals surface area (Å²) in [4.78, 5) is 31.5. The van der Waals surface area contributed by atoms with E-state index in [9.17, 15) is 14.7 Å². The molecule has 0 unspecified atom stereocenters. The second-order valence-corrected chi connectivity index (χ2v) is 8.01. The summed E-state index contributed by atoms with van der Waals surface area (Å²) in [6.45, 7) is 4.34. The van der Waals surface area contributed by atoms with Gasteiger partial charge >= 0.3 is 0 Å². The topological polar surface area (TPSA) is 84.2 Å². The van der Waals surface area contributed by atoms with E-state index in [0.29, 0.717) is 32.9 Å². The minimum absolute atomic E-state index is 0.0204. The van der Waals surface area contributed by atoms with Gasteiger partial charge in [0.2, 0.25) is 0 Å². The molecule has 0 atom stereocenters. The summed E-state index contributed by atoms with van der Waals surface area (Å²) in [7, 11) is 0. The van der Waals surface area contributed by atoms with Gasteiger partial charge in [0.1, 0.15) is 16.4 Å². The normalized spacial score (nSPS) is 14.0. The van der Waals surface area contributed by atoms with E-state index in [-0.39, 0.29) is 17.2 Å². The first kappa shape index (κ1) is 17.7. The van der Waals surface area contributed by atoms with Crippen molar-refractivity contribution in [2.75, 3.05) is 5.32 Å². The van der Waals surface area contributed by atoms with E-state index in [0.717, 1.165) is 37.1 Å². The van der Waals surface area contributed by atoms with Gasteiger partial charge in [-0.25, -0.2) is 4.98 Å². The molecule has 0 bridgehead atoms. The minimum Gasteiger partial charge on any atom is -0.506 e. The molecule has 3 aromatic rings. The van der Waals surface area contributed by atoms with Crippen LogP contribution in [0.4, 0.5) is 5.69 Å². The number of aromatic nitrogens is 2. The quantitative estimate of drug-likeness (QED) is 0.660. The number of rotatable bonds is 2. The molecule has 1 amide bonds. The molecule has 1 aliphatic heterocycles. The van der Waals surface area contributed by atoms with Crippen LogP contribution in [0, 0.1) is 13.8 Å². The van der Waals surface area contributed by atoms with Crippen LogP contribution in [0.2, 0.25) is 0 Å². The number of nitrogens with one attached hydrogen (secondary N) is 1. The van der Waals surface area contributed by atoms with Crippen LogP contribution in [-0.2, 0) is 13.0 Å². The molecule has 0 aliphatic carbocycles. The molecular formula is C20H21N3O3S. The zero-order valence-corrected chi connectivity index (χ0v) is 16.2. The summed E-state index contributed by atoms with van der Waals surface area (Å²) in [5.74, 6) is 0.496. The Bertz CT molecular complexity index is 1110.